The maximum absolute atomic E-state index is 4.40. The Morgan fingerprint density at radius 1 is 1.21 bits per heavy atom. The van der Waals surface area contributed by atoms with E-state index in [0.717, 1.165) is 30.2 Å². The number of rotatable bonds is 7. The van der Waals surface area contributed by atoms with Gasteiger partial charge in [0.1, 0.15) is 10.8 Å². The molecule has 6 heteroatoms. The third-order valence-electron chi connectivity index (χ3n) is 2.56. The van der Waals surface area contributed by atoms with E-state index < -0.39 is 0 Å². The average Bonchev–Trinajstić information content (AvgIpc) is 2.91. The molecule has 0 radical (unpaired) electrons. The third-order valence-corrected chi connectivity index (χ3v) is 3.70. The number of aromatic nitrogens is 3. The molecule has 0 aromatic carbocycles. The van der Waals surface area contributed by atoms with Gasteiger partial charge in [0.25, 0.3) is 0 Å². The van der Waals surface area contributed by atoms with Crippen LogP contribution in [-0.4, -0.2) is 21.5 Å². The van der Waals surface area contributed by atoms with E-state index in [9.17, 15) is 0 Å². The van der Waals surface area contributed by atoms with E-state index in [1.807, 2.05) is 12.3 Å². The van der Waals surface area contributed by atoms with Gasteiger partial charge in [-0.3, -0.25) is 0 Å². The van der Waals surface area contributed by atoms with Crippen LogP contribution in [0.25, 0.3) is 0 Å². The van der Waals surface area contributed by atoms with Gasteiger partial charge in [0.15, 0.2) is 0 Å². The number of hydrogen-bond acceptors (Lipinski definition) is 6. The maximum Gasteiger partial charge on any atom is 0.224 e. The Morgan fingerprint density at radius 3 is 2.84 bits per heavy atom. The zero-order valence-electron chi connectivity index (χ0n) is 11.3. The minimum absolute atomic E-state index is 0.667. The molecular weight excluding hydrogens is 258 g/mol. The fraction of sp³-hybridized carbons (Fsp3) is 0.462. The Kier molecular flexibility index (Phi) is 5.09. The normalized spacial score (nSPS) is 10.4. The molecule has 0 aliphatic carbocycles. The average molecular weight is 277 g/mol. The van der Waals surface area contributed by atoms with Gasteiger partial charge in [-0.1, -0.05) is 13.8 Å². The van der Waals surface area contributed by atoms with Crippen molar-refractivity contribution in [3.05, 3.63) is 28.3 Å². The van der Waals surface area contributed by atoms with Crippen LogP contribution in [0.2, 0.25) is 0 Å². The summed E-state index contributed by atoms with van der Waals surface area (Å²) in [6.07, 6.45) is 5.79. The van der Waals surface area contributed by atoms with Gasteiger partial charge in [-0.2, -0.15) is 4.98 Å². The van der Waals surface area contributed by atoms with Crippen molar-refractivity contribution in [3.8, 4) is 0 Å². The van der Waals surface area contributed by atoms with Crippen LogP contribution in [-0.2, 0) is 13.0 Å². The van der Waals surface area contributed by atoms with Gasteiger partial charge in [0.2, 0.25) is 5.95 Å². The first-order chi connectivity index (χ1) is 9.31. The van der Waals surface area contributed by atoms with Crippen molar-refractivity contribution in [2.45, 2.75) is 33.2 Å². The molecule has 2 N–H and O–H groups in total. The van der Waals surface area contributed by atoms with E-state index in [-0.39, 0.29) is 0 Å². The second kappa shape index (κ2) is 7.04. The molecule has 0 spiro atoms. The van der Waals surface area contributed by atoms with E-state index >= 15 is 0 Å². The van der Waals surface area contributed by atoms with Gasteiger partial charge in [-0.25, -0.2) is 9.97 Å². The molecule has 0 amide bonds. The number of anilines is 2. The van der Waals surface area contributed by atoms with Gasteiger partial charge < -0.3 is 10.6 Å². The van der Waals surface area contributed by atoms with Crippen LogP contribution in [0.1, 0.15) is 30.2 Å². The van der Waals surface area contributed by atoms with Crippen molar-refractivity contribution in [1.82, 2.24) is 15.0 Å². The molecule has 0 fully saturated rings. The molecule has 2 heterocycles. The van der Waals surface area contributed by atoms with Crippen LogP contribution >= 0.6 is 11.3 Å². The molecule has 0 unspecified atom stereocenters. The maximum atomic E-state index is 4.40. The Labute approximate surface area is 117 Å². The van der Waals surface area contributed by atoms with Crippen molar-refractivity contribution >= 4 is 23.1 Å². The fourth-order valence-electron chi connectivity index (χ4n) is 1.54. The van der Waals surface area contributed by atoms with Crippen LogP contribution in [0.4, 0.5) is 11.8 Å². The van der Waals surface area contributed by atoms with Crippen LogP contribution < -0.4 is 10.6 Å². The van der Waals surface area contributed by atoms with Gasteiger partial charge in [-0.05, 0) is 18.9 Å². The topological polar surface area (TPSA) is 62.7 Å². The van der Waals surface area contributed by atoms with Crippen LogP contribution in [0.5, 0.6) is 0 Å². The summed E-state index contributed by atoms with van der Waals surface area (Å²) in [6, 6.07) is 1.87. The molecule has 0 saturated heterocycles. The van der Waals surface area contributed by atoms with E-state index in [1.54, 1.807) is 17.5 Å². The monoisotopic (exact) mass is 277 g/mol. The van der Waals surface area contributed by atoms with Gasteiger partial charge >= 0.3 is 0 Å². The summed E-state index contributed by atoms with van der Waals surface area (Å²) >= 11 is 1.74. The molecule has 2 aromatic heterocycles. The fourth-order valence-corrected chi connectivity index (χ4v) is 2.34. The summed E-state index contributed by atoms with van der Waals surface area (Å²) in [5, 5.41) is 7.52. The number of aryl methyl sites for hydroxylation is 1. The number of nitrogens with one attached hydrogen (secondary N) is 2. The highest BCUT2D eigenvalue weighted by molar-refractivity contribution is 7.11. The lowest BCUT2D eigenvalue weighted by molar-refractivity contribution is 0.949. The molecule has 19 heavy (non-hydrogen) atoms. The Morgan fingerprint density at radius 2 is 2.11 bits per heavy atom. The number of nitrogens with zero attached hydrogens (tertiary/aromatic N) is 3. The first-order valence-corrected chi connectivity index (χ1v) is 7.37. The van der Waals surface area contributed by atoms with Crippen molar-refractivity contribution in [3.63, 3.8) is 0 Å². The van der Waals surface area contributed by atoms with Crippen LogP contribution in [0.15, 0.2) is 18.5 Å². The molecule has 0 aliphatic rings. The lowest BCUT2D eigenvalue weighted by Gasteiger charge is -2.06. The summed E-state index contributed by atoms with van der Waals surface area (Å²) in [7, 11) is 0. The highest BCUT2D eigenvalue weighted by Gasteiger charge is 2.02. The summed E-state index contributed by atoms with van der Waals surface area (Å²) in [6.45, 7) is 5.84. The largest absolute Gasteiger partial charge is 0.363 e. The molecule has 2 rings (SSSR count). The Bertz CT molecular complexity index is 511. The predicted molar refractivity (Wildman–Crippen MR) is 79.6 cm³/mol. The number of thiazole rings is 1. The lowest BCUT2D eigenvalue weighted by atomic mass is 10.4. The molecule has 0 saturated carbocycles. The zero-order chi connectivity index (χ0) is 13.5. The Balaban J connectivity index is 1.91. The second-order valence-electron chi connectivity index (χ2n) is 4.12. The van der Waals surface area contributed by atoms with Crippen molar-refractivity contribution in [2.24, 2.45) is 0 Å². The minimum Gasteiger partial charge on any atom is -0.363 e. The Hall–Kier alpha value is -1.69. The molecule has 0 aliphatic heterocycles. The highest BCUT2D eigenvalue weighted by atomic mass is 32.1. The van der Waals surface area contributed by atoms with Crippen LogP contribution in [0, 0.1) is 0 Å². The first kappa shape index (κ1) is 13.7. The molecule has 0 atom stereocenters. The molecule has 102 valence electrons. The minimum atomic E-state index is 0.667. The molecule has 0 bridgehead atoms. The molecule has 2 aromatic rings. The van der Waals surface area contributed by atoms with Gasteiger partial charge in [0.05, 0.1) is 6.54 Å². The van der Waals surface area contributed by atoms with Crippen molar-refractivity contribution in [1.29, 1.82) is 0 Å². The summed E-state index contributed by atoms with van der Waals surface area (Å²) in [5.41, 5.74) is 0. The zero-order valence-corrected chi connectivity index (χ0v) is 12.1. The quantitative estimate of drug-likeness (QED) is 0.814. The highest BCUT2D eigenvalue weighted by Crippen LogP contribution is 2.15. The lowest BCUT2D eigenvalue weighted by Crippen LogP contribution is -2.07. The van der Waals surface area contributed by atoms with E-state index in [4.69, 9.17) is 0 Å². The predicted octanol–water partition coefficient (Wildman–Crippen LogP) is 2.93. The molecule has 5 nitrogen and oxygen atoms in total. The van der Waals surface area contributed by atoms with Crippen molar-refractivity contribution in [2.75, 3.05) is 17.2 Å². The van der Waals surface area contributed by atoms with Crippen molar-refractivity contribution < 1.29 is 0 Å². The van der Waals surface area contributed by atoms with Gasteiger partial charge in [0, 0.05) is 23.8 Å². The molecular formula is C13H19N5S. The smallest absolute Gasteiger partial charge is 0.224 e. The summed E-state index contributed by atoms with van der Waals surface area (Å²) in [4.78, 5) is 14.3. The second-order valence-corrected chi connectivity index (χ2v) is 5.32. The third kappa shape index (κ3) is 4.17. The van der Waals surface area contributed by atoms with E-state index in [1.165, 1.54) is 4.88 Å². The first-order valence-electron chi connectivity index (χ1n) is 6.56. The van der Waals surface area contributed by atoms with Gasteiger partial charge in [-0.15, -0.1) is 11.3 Å². The van der Waals surface area contributed by atoms with E-state index in [2.05, 4.69) is 39.4 Å². The van der Waals surface area contributed by atoms with Crippen LogP contribution in [0.3, 0.4) is 0 Å². The standard InChI is InChI=1S/C13H19N5S/c1-3-6-14-13-15-7-5-11(18-13)16-9-12-17-8-10(4-2)19-12/h5,7-8H,3-4,6,9H2,1-2H3,(H2,14,15,16,18). The summed E-state index contributed by atoms with van der Waals surface area (Å²) < 4.78 is 0. The number of hydrogen-bond donors (Lipinski definition) is 2. The SMILES string of the molecule is CCCNc1nccc(NCc2ncc(CC)s2)n1. The van der Waals surface area contributed by atoms with E-state index in [0.29, 0.717) is 12.5 Å². The summed E-state index contributed by atoms with van der Waals surface area (Å²) in [5.74, 6) is 1.49.